The molecule has 9 N–H and O–H groups in total. The zero-order valence-corrected chi connectivity index (χ0v) is 18.2. The number of imidazole rings is 1. The molecule has 0 spiro atoms. The molecular formula is C18H31N7O5S. The van der Waals surface area contributed by atoms with Crippen LogP contribution >= 0.6 is 12.6 Å². The molecule has 0 fully saturated rings. The summed E-state index contributed by atoms with van der Waals surface area (Å²) >= 11 is 3.98. The minimum Gasteiger partial charge on any atom is -0.480 e. The van der Waals surface area contributed by atoms with Crippen LogP contribution < -0.4 is 27.4 Å². The van der Waals surface area contributed by atoms with Crippen LogP contribution in [0, 0.1) is 0 Å². The van der Waals surface area contributed by atoms with Gasteiger partial charge in [-0.25, -0.2) is 4.98 Å². The molecule has 0 aliphatic carbocycles. The number of amides is 3. The van der Waals surface area contributed by atoms with Crippen LogP contribution in [0.2, 0.25) is 0 Å². The molecule has 13 heteroatoms. The van der Waals surface area contributed by atoms with Crippen LogP contribution in [0.1, 0.15) is 31.9 Å². The molecule has 3 amide bonds. The normalized spacial score (nSPS) is 14.7. The fourth-order valence-corrected chi connectivity index (χ4v) is 2.76. The molecule has 0 aromatic carbocycles. The average molecular weight is 458 g/mol. The van der Waals surface area contributed by atoms with Gasteiger partial charge in [0.15, 0.2) is 0 Å². The van der Waals surface area contributed by atoms with Crippen LogP contribution in [-0.4, -0.2) is 75.2 Å². The van der Waals surface area contributed by atoms with E-state index in [9.17, 15) is 19.2 Å². The first-order chi connectivity index (χ1) is 14.7. The maximum atomic E-state index is 12.9. The van der Waals surface area contributed by atoms with E-state index in [2.05, 4.69) is 38.5 Å². The van der Waals surface area contributed by atoms with E-state index in [-0.39, 0.29) is 18.6 Å². The standard InChI is InChI=1S/C18H31N7O5S/c1-10(18(29)30)23-17(28)14(6-11-7-21-9-22-11)25-16(27)13(4-2-3-5-19)24-15(26)12(20)8-31/h7,9-10,12-14,31H,2-6,8,19-20H2,1H3,(H,21,22)(H,23,28)(H,24,26)(H,25,27)(H,29,30). The zero-order valence-electron chi connectivity index (χ0n) is 17.3. The number of nitrogens with one attached hydrogen (secondary N) is 4. The van der Waals surface area contributed by atoms with Crippen molar-refractivity contribution in [2.75, 3.05) is 12.3 Å². The number of hydrogen-bond donors (Lipinski definition) is 8. The lowest BCUT2D eigenvalue weighted by atomic mass is 10.1. The van der Waals surface area contributed by atoms with Gasteiger partial charge in [0.25, 0.3) is 0 Å². The third-order valence-electron chi connectivity index (χ3n) is 4.45. The number of unbranched alkanes of at least 4 members (excludes halogenated alkanes) is 1. The van der Waals surface area contributed by atoms with Crippen LogP contribution in [0.3, 0.4) is 0 Å². The maximum Gasteiger partial charge on any atom is 0.325 e. The number of rotatable bonds is 14. The molecule has 174 valence electrons. The molecule has 0 radical (unpaired) electrons. The van der Waals surface area contributed by atoms with Gasteiger partial charge >= 0.3 is 5.97 Å². The number of aromatic amines is 1. The number of carbonyl (C=O) groups is 4. The van der Waals surface area contributed by atoms with Crippen LogP contribution in [0.5, 0.6) is 0 Å². The Morgan fingerprint density at radius 2 is 1.77 bits per heavy atom. The fourth-order valence-electron chi connectivity index (χ4n) is 2.60. The van der Waals surface area contributed by atoms with Crippen LogP contribution in [0.25, 0.3) is 0 Å². The first-order valence-corrected chi connectivity index (χ1v) is 10.5. The Labute approximate surface area is 185 Å². The van der Waals surface area contributed by atoms with Gasteiger partial charge in [-0.1, -0.05) is 0 Å². The van der Waals surface area contributed by atoms with Crippen LogP contribution in [0.15, 0.2) is 12.5 Å². The highest BCUT2D eigenvalue weighted by atomic mass is 32.1. The number of H-pyrrole nitrogens is 1. The van der Waals surface area contributed by atoms with E-state index in [1.807, 2.05) is 0 Å². The van der Waals surface area contributed by atoms with Crippen molar-refractivity contribution in [2.45, 2.75) is 56.8 Å². The minimum atomic E-state index is -1.22. The first-order valence-electron chi connectivity index (χ1n) is 9.87. The summed E-state index contributed by atoms with van der Waals surface area (Å²) in [7, 11) is 0. The molecule has 4 atom stereocenters. The number of thiol groups is 1. The maximum absolute atomic E-state index is 12.9. The highest BCUT2D eigenvalue weighted by molar-refractivity contribution is 7.80. The second-order valence-electron chi connectivity index (χ2n) is 7.05. The van der Waals surface area contributed by atoms with Gasteiger partial charge in [-0.15, -0.1) is 0 Å². The molecule has 0 aliphatic heterocycles. The molecule has 0 saturated carbocycles. The lowest BCUT2D eigenvalue weighted by Gasteiger charge is -2.24. The summed E-state index contributed by atoms with van der Waals surface area (Å²) in [6.07, 6.45) is 4.45. The van der Waals surface area contributed by atoms with Gasteiger partial charge in [0.05, 0.1) is 12.4 Å². The van der Waals surface area contributed by atoms with Crippen molar-refractivity contribution in [1.29, 1.82) is 0 Å². The van der Waals surface area contributed by atoms with Crippen molar-refractivity contribution in [2.24, 2.45) is 11.5 Å². The highest BCUT2D eigenvalue weighted by Crippen LogP contribution is 2.05. The second kappa shape index (κ2) is 13.6. The van der Waals surface area contributed by atoms with E-state index >= 15 is 0 Å². The number of carboxylic acid groups (broad SMARTS) is 1. The quantitative estimate of drug-likeness (QED) is 0.114. The Kier molecular flexibility index (Phi) is 11.6. The van der Waals surface area contributed by atoms with E-state index < -0.39 is 47.9 Å². The Hall–Kier alpha value is -2.64. The number of nitrogens with two attached hydrogens (primary N) is 2. The van der Waals surface area contributed by atoms with E-state index in [0.717, 1.165) is 0 Å². The SMILES string of the molecule is CC(NC(=O)C(Cc1cnc[nH]1)NC(=O)C(CCCCN)NC(=O)C(N)CS)C(=O)O. The lowest BCUT2D eigenvalue weighted by Crippen LogP contribution is -2.57. The molecule has 31 heavy (non-hydrogen) atoms. The van der Waals surface area contributed by atoms with Gasteiger partial charge in [0, 0.05) is 24.1 Å². The van der Waals surface area contributed by atoms with Crippen LogP contribution in [-0.2, 0) is 25.6 Å². The van der Waals surface area contributed by atoms with Gasteiger partial charge in [-0.05, 0) is 32.7 Å². The smallest absolute Gasteiger partial charge is 0.325 e. The van der Waals surface area contributed by atoms with E-state index in [1.165, 1.54) is 19.4 Å². The molecule has 0 bridgehead atoms. The molecule has 1 aromatic rings. The first kappa shape index (κ1) is 26.4. The van der Waals surface area contributed by atoms with Crippen molar-refractivity contribution in [1.82, 2.24) is 25.9 Å². The molecule has 1 rings (SSSR count). The highest BCUT2D eigenvalue weighted by Gasteiger charge is 2.29. The number of aromatic nitrogens is 2. The van der Waals surface area contributed by atoms with Gasteiger partial charge < -0.3 is 37.5 Å². The van der Waals surface area contributed by atoms with Crippen molar-refractivity contribution >= 4 is 36.3 Å². The van der Waals surface area contributed by atoms with Gasteiger partial charge in [-0.3, -0.25) is 19.2 Å². The van der Waals surface area contributed by atoms with Gasteiger partial charge in [0.2, 0.25) is 17.7 Å². The Morgan fingerprint density at radius 3 is 2.32 bits per heavy atom. The fraction of sp³-hybridized carbons (Fsp3) is 0.611. The molecular weight excluding hydrogens is 426 g/mol. The third kappa shape index (κ3) is 9.36. The van der Waals surface area contributed by atoms with Crippen molar-refractivity contribution < 1.29 is 24.3 Å². The van der Waals surface area contributed by atoms with Crippen molar-refractivity contribution in [3.05, 3.63) is 18.2 Å². The monoisotopic (exact) mass is 457 g/mol. The zero-order chi connectivity index (χ0) is 23.4. The predicted molar refractivity (Wildman–Crippen MR) is 116 cm³/mol. The Morgan fingerprint density at radius 1 is 1.13 bits per heavy atom. The summed E-state index contributed by atoms with van der Waals surface area (Å²) in [6.45, 7) is 1.74. The molecule has 1 aromatic heterocycles. The predicted octanol–water partition coefficient (Wildman–Crippen LogP) is -2.10. The number of aliphatic carboxylic acids is 1. The molecule has 12 nitrogen and oxygen atoms in total. The topological polar surface area (TPSA) is 205 Å². The van der Waals surface area contributed by atoms with E-state index in [4.69, 9.17) is 16.6 Å². The third-order valence-corrected chi connectivity index (χ3v) is 4.85. The average Bonchev–Trinajstić information content (AvgIpc) is 3.24. The van der Waals surface area contributed by atoms with Crippen LogP contribution in [0.4, 0.5) is 0 Å². The van der Waals surface area contributed by atoms with Gasteiger partial charge in [0.1, 0.15) is 18.1 Å². The summed E-state index contributed by atoms with van der Waals surface area (Å²) in [5, 5.41) is 16.5. The molecule has 0 saturated heterocycles. The summed E-state index contributed by atoms with van der Waals surface area (Å²) in [6, 6.07) is -4.09. The minimum absolute atomic E-state index is 0.0452. The molecule has 4 unspecified atom stereocenters. The lowest BCUT2D eigenvalue weighted by molar-refractivity contribution is -0.141. The number of carbonyl (C=O) groups excluding carboxylic acids is 3. The molecule has 0 aliphatic rings. The number of carboxylic acids is 1. The Bertz CT molecular complexity index is 731. The van der Waals surface area contributed by atoms with Crippen molar-refractivity contribution in [3.8, 4) is 0 Å². The van der Waals surface area contributed by atoms with Gasteiger partial charge in [-0.2, -0.15) is 12.6 Å². The molecule has 1 heterocycles. The number of nitrogens with zero attached hydrogens (tertiary/aromatic N) is 1. The number of hydrogen-bond acceptors (Lipinski definition) is 8. The van der Waals surface area contributed by atoms with Crippen molar-refractivity contribution in [3.63, 3.8) is 0 Å². The summed E-state index contributed by atoms with van der Waals surface area (Å²) in [5.41, 5.74) is 11.7. The van der Waals surface area contributed by atoms with E-state index in [1.54, 1.807) is 0 Å². The van der Waals surface area contributed by atoms with E-state index in [0.29, 0.717) is 25.1 Å². The summed E-state index contributed by atoms with van der Waals surface area (Å²) < 4.78 is 0. The Balaban J connectivity index is 2.96. The summed E-state index contributed by atoms with van der Waals surface area (Å²) in [4.78, 5) is 55.5. The summed E-state index contributed by atoms with van der Waals surface area (Å²) in [5.74, 6) is -2.94. The largest absolute Gasteiger partial charge is 0.480 e. The second-order valence-corrected chi connectivity index (χ2v) is 7.41.